The molecule has 2 aromatic carbocycles. The molecule has 0 atom stereocenters. The maximum Gasteiger partial charge on any atom is 0.240 e. The Labute approximate surface area is 166 Å². The Morgan fingerprint density at radius 2 is 1.90 bits per heavy atom. The summed E-state index contributed by atoms with van der Waals surface area (Å²) in [5, 5.41) is 2.97. The Bertz CT molecular complexity index is 1190. The van der Waals surface area contributed by atoms with Crippen molar-refractivity contribution in [3.63, 3.8) is 0 Å². The third kappa shape index (κ3) is 3.38. The average molecular weight is 386 g/mol. The minimum Gasteiger partial charge on any atom is -0.454 e. The molecule has 1 aliphatic rings. The molecule has 0 radical (unpaired) electrons. The molecule has 1 N–H and O–H groups in total. The number of hydrogen-bond acceptors (Lipinski definition) is 5. The molecule has 4 aromatic rings. The highest BCUT2D eigenvalue weighted by Crippen LogP contribution is 2.32. The van der Waals surface area contributed by atoms with Crippen LogP contribution in [0, 0.1) is 0 Å². The zero-order valence-electron chi connectivity index (χ0n) is 15.5. The van der Waals surface area contributed by atoms with Crippen molar-refractivity contribution < 1.29 is 14.3 Å². The van der Waals surface area contributed by atoms with E-state index in [2.05, 4.69) is 15.3 Å². The van der Waals surface area contributed by atoms with Crippen LogP contribution in [0.3, 0.4) is 0 Å². The summed E-state index contributed by atoms with van der Waals surface area (Å²) in [6.45, 7) is 0.785. The van der Waals surface area contributed by atoms with Crippen LogP contribution in [0.1, 0.15) is 5.56 Å². The average Bonchev–Trinajstić information content (AvgIpc) is 3.37. The zero-order valence-corrected chi connectivity index (χ0v) is 15.5. The predicted molar refractivity (Wildman–Crippen MR) is 107 cm³/mol. The first-order valence-corrected chi connectivity index (χ1v) is 9.30. The van der Waals surface area contributed by atoms with E-state index >= 15 is 0 Å². The van der Waals surface area contributed by atoms with Gasteiger partial charge in [0.2, 0.25) is 12.7 Å². The van der Waals surface area contributed by atoms with Crippen molar-refractivity contribution in [3.8, 4) is 23.0 Å². The summed E-state index contributed by atoms with van der Waals surface area (Å²) >= 11 is 0. The van der Waals surface area contributed by atoms with Crippen molar-refractivity contribution in [1.29, 1.82) is 0 Å². The maximum atomic E-state index is 12.7. The van der Waals surface area contributed by atoms with Crippen molar-refractivity contribution in [2.45, 2.75) is 13.1 Å². The molecule has 1 amide bonds. The van der Waals surface area contributed by atoms with Crippen LogP contribution in [0.4, 0.5) is 0 Å². The van der Waals surface area contributed by atoms with Gasteiger partial charge in [-0.25, -0.2) is 4.98 Å². The Balaban J connectivity index is 1.37. The Morgan fingerprint density at radius 1 is 1.03 bits per heavy atom. The van der Waals surface area contributed by atoms with Crippen molar-refractivity contribution in [3.05, 3.63) is 72.4 Å². The summed E-state index contributed by atoms with van der Waals surface area (Å²) in [6.07, 6.45) is 1.72. The molecule has 29 heavy (non-hydrogen) atoms. The smallest absolute Gasteiger partial charge is 0.240 e. The normalized spacial score (nSPS) is 12.3. The van der Waals surface area contributed by atoms with Gasteiger partial charge in [-0.15, -0.1) is 0 Å². The lowest BCUT2D eigenvalue weighted by molar-refractivity contribution is -0.121. The van der Waals surface area contributed by atoms with Gasteiger partial charge < -0.3 is 19.4 Å². The monoisotopic (exact) mass is 386 g/mol. The molecule has 144 valence electrons. The molecule has 5 rings (SSSR count). The quantitative estimate of drug-likeness (QED) is 0.570. The van der Waals surface area contributed by atoms with E-state index in [1.807, 2.05) is 65.2 Å². The number of imidazole rings is 1. The highest BCUT2D eigenvalue weighted by molar-refractivity contribution is 5.84. The molecule has 2 aromatic heterocycles. The topological polar surface area (TPSA) is 78.3 Å². The highest BCUT2D eigenvalue weighted by Gasteiger charge is 2.17. The van der Waals surface area contributed by atoms with Gasteiger partial charge in [-0.2, -0.15) is 0 Å². The summed E-state index contributed by atoms with van der Waals surface area (Å²) < 4.78 is 12.6. The molecule has 0 bridgehead atoms. The van der Waals surface area contributed by atoms with E-state index < -0.39 is 0 Å². The number of aromatic nitrogens is 3. The van der Waals surface area contributed by atoms with Crippen molar-refractivity contribution in [1.82, 2.24) is 19.9 Å². The molecule has 0 saturated carbocycles. The number of amides is 1. The number of para-hydroxylation sites is 2. The van der Waals surface area contributed by atoms with Gasteiger partial charge in [0.15, 0.2) is 17.3 Å². The van der Waals surface area contributed by atoms with Crippen LogP contribution in [-0.4, -0.2) is 27.2 Å². The largest absolute Gasteiger partial charge is 0.454 e. The van der Waals surface area contributed by atoms with E-state index in [9.17, 15) is 4.79 Å². The number of ether oxygens (including phenoxy) is 2. The summed E-state index contributed by atoms with van der Waals surface area (Å²) in [5.41, 5.74) is 3.40. The van der Waals surface area contributed by atoms with Gasteiger partial charge in [0.25, 0.3) is 0 Å². The first-order valence-electron chi connectivity index (χ1n) is 9.30. The Kier molecular flexibility index (Phi) is 4.32. The van der Waals surface area contributed by atoms with Gasteiger partial charge in [-0.3, -0.25) is 9.78 Å². The molecular weight excluding hydrogens is 368 g/mol. The van der Waals surface area contributed by atoms with Gasteiger partial charge in [-0.05, 0) is 42.0 Å². The third-order valence-electron chi connectivity index (χ3n) is 4.78. The first kappa shape index (κ1) is 17.2. The van der Waals surface area contributed by atoms with Crippen molar-refractivity contribution >= 4 is 16.9 Å². The molecule has 7 heteroatoms. The zero-order chi connectivity index (χ0) is 19.6. The van der Waals surface area contributed by atoms with Gasteiger partial charge in [0, 0.05) is 12.7 Å². The van der Waals surface area contributed by atoms with E-state index in [0.717, 1.165) is 28.0 Å². The van der Waals surface area contributed by atoms with Gasteiger partial charge in [-0.1, -0.05) is 24.3 Å². The van der Waals surface area contributed by atoms with Crippen LogP contribution in [0.2, 0.25) is 0 Å². The number of rotatable bonds is 5. The number of pyridine rings is 1. The standard InChI is InChI=1S/C22H18N4O3/c27-21(24-12-15-8-9-19-20(11-15)29-14-28-19)13-26-18-7-2-1-5-16(18)25-22(26)17-6-3-4-10-23-17/h1-11H,12-14H2,(H,24,27). The minimum atomic E-state index is -0.108. The number of nitrogens with one attached hydrogen (secondary N) is 1. The summed E-state index contributed by atoms with van der Waals surface area (Å²) in [6, 6.07) is 19.1. The number of hydrogen-bond donors (Lipinski definition) is 1. The fraction of sp³-hybridized carbons (Fsp3) is 0.136. The van der Waals surface area contributed by atoms with Crippen molar-refractivity contribution in [2.24, 2.45) is 0 Å². The highest BCUT2D eigenvalue weighted by atomic mass is 16.7. The van der Waals surface area contributed by atoms with Gasteiger partial charge >= 0.3 is 0 Å². The molecule has 0 spiro atoms. The van der Waals surface area contributed by atoms with E-state index in [1.54, 1.807) is 6.20 Å². The summed E-state index contributed by atoms with van der Waals surface area (Å²) in [7, 11) is 0. The Morgan fingerprint density at radius 3 is 2.79 bits per heavy atom. The van der Waals surface area contributed by atoms with E-state index in [0.29, 0.717) is 18.1 Å². The molecule has 0 fully saturated rings. The second-order valence-corrected chi connectivity index (χ2v) is 6.69. The summed E-state index contributed by atoms with van der Waals surface area (Å²) in [4.78, 5) is 21.8. The molecule has 0 aliphatic carbocycles. The SMILES string of the molecule is O=C(Cn1c(-c2ccccn2)nc2ccccc21)NCc1ccc2c(c1)OCO2. The van der Waals surface area contributed by atoms with Crippen LogP contribution >= 0.6 is 0 Å². The number of carbonyl (C=O) groups is 1. The Hall–Kier alpha value is -3.87. The second kappa shape index (κ2) is 7.27. The fourth-order valence-electron chi connectivity index (χ4n) is 3.38. The molecular formula is C22H18N4O3. The predicted octanol–water partition coefficient (Wildman–Crippen LogP) is 3.14. The van der Waals surface area contributed by atoms with E-state index in [1.165, 1.54) is 0 Å². The van der Waals surface area contributed by atoms with Crippen LogP contribution in [0.25, 0.3) is 22.6 Å². The fourth-order valence-corrected chi connectivity index (χ4v) is 3.38. The van der Waals surface area contributed by atoms with E-state index in [4.69, 9.17) is 9.47 Å². The van der Waals surface area contributed by atoms with Crippen LogP contribution in [0.5, 0.6) is 11.5 Å². The van der Waals surface area contributed by atoms with Gasteiger partial charge in [0.1, 0.15) is 12.2 Å². The maximum absolute atomic E-state index is 12.7. The number of nitrogens with zero attached hydrogens (tertiary/aromatic N) is 3. The lowest BCUT2D eigenvalue weighted by Crippen LogP contribution is -2.27. The second-order valence-electron chi connectivity index (χ2n) is 6.69. The summed E-state index contributed by atoms with van der Waals surface area (Å²) in [5.74, 6) is 1.99. The number of benzene rings is 2. The van der Waals surface area contributed by atoms with Crippen molar-refractivity contribution in [2.75, 3.05) is 6.79 Å². The first-order chi connectivity index (χ1) is 14.3. The molecule has 1 aliphatic heterocycles. The third-order valence-corrected chi connectivity index (χ3v) is 4.78. The van der Waals surface area contributed by atoms with Crippen LogP contribution < -0.4 is 14.8 Å². The minimum absolute atomic E-state index is 0.108. The molecule has 7 nitrogen and oxygen atoms in total. The van der Waals surface area contributed by atoms with Crippen LogP contribution in [-0.2, 0) is 17.9 Å². The lowest BCUT2D eigenvalue weighted by atomic mass is 10.2. The van der Waals surface area contributed by atoms with Crippen LogP contribution in [0.15, 0.2) is 66.9 Å². The molecule has 0 unspecified atom stereocenters. The molecule has 0 saturated heterocycles. The number of fused-ring (bicyclic) bond motifs is 2. The van der Waals surface area contributed by atoms with E-state index in [-0.39, 0.29) is 19.2 Å². The number of carbonyl (C=O) groups excluding carboxylic acids is 1. The van der Waals surface area contributed by atoms with Gasteiger partial charge in [0.05, 0.1) is 11.0 Å². The lowest BCUT2D eigenvalue weighted by Gasteiger charge is -2.10. The molecule has 3 heterocycles.